The first-order chi connectivity index (χ1) is 8.74. The molecule has 4 heteroatoms. The number of nitrogens with zero attached hydrogens (tertiary/aromatic N) is 1. The van der Waals surface area contributed by atoms with Gasteiger partial charge in [0.15, 0.2) is 0 Å². The molecule has 4 nitrogen and oxygen atoms in total. The predicted octanol–water partition coefficient (Wildman–Crippen LogP) is 2.86. The molecule has 1 amide bonds. The number of carbonyl (C=O) groups is 1. The molecule has 1 aliphatic rings. The highest BCUT2D eigenvalue weighted by Crippen LogP contribution is 2.31. The van der Waals surface area contributed by atoms with Crippen molar-refractivity contribution < 1.29 is 9.53 Å². The molecule has 112 valence electrons. The molecule has 1 saturated heterocycles. The number of amides is 1. The number of hydrogen-bond donors (Lipinski definition) is 1. The summed E-state index contributed by atoms with van der Waals surface area (Å²) >= 11 is 0. The first-order valence-corrected chi connectivity index (χ1v) is 7.42. The maximum atomic E-state index is 12.0. The molecular formula is C15H30N2O2. The lowest BCUT2D eigenvalue weighted by Crippen LogP contribution is -2.46. The molecule has 0 radical (unpaired) electrons. The Morgan fingerprint density at radius 3 is 2.58 bits per heavy atom. The average molecular weight is 270 g/mol. The maximum Gasteiger partial charge on any atom is 0.410 e. The van der Waals surface area contributed by atoms with Crippen LogP contribution in [-0.4, -0.2) is 36.2 Å². The third kappa shape index (κ3) is 5.01. The summed E-state index contributed by atoms with van der Waals surface area (Å²) < 4.78 is 5.44. The summed E-state index contributed by atoms with van der Waals surface area (Å²) in [5.74, 6) is 1.82. The molecule has 3 atom stereocenters. The first kappa shape index (κ1) is 16.3. The van der Waals surface area contributed by atoms with E-state index in [-0.39, 0.29) is 6.09 Å². The van der Waals surface area contributed by atoms with E-state index >= 15 is 0 Å². The Balaban J connectivity index is 2.51. The summed E-state index contributed by atoms with van der Waals surface area (Å²) in [6, 6.07) is 0. The SMILES string of the molecule is CC(CCN)C1CCN(C(=O)OC(C)(C)C)CC1C. The second-order valence-electron chi connectivity index (χ2n) is 6.91. The molecule has 19 heavy (non-hydrogen) atoms. The molecule has 0 saturated carbocycles. The lowest BCUT2D eigenvalue weighted by Gasteiger charge is -2.40. The number of hydrogen-bond acceptors (Lipinski definition) is 3. The number of piperidine rings is 1. The molecule has 0 aromatic rings. The summed E-state index contributed by atoms with van der Waals surface area (Å²) in [6.45, 7) is 12.6. The summed E-state index contributed by atoms with van der Waals surface area (Å²) in [6.07, 6.45) is 1.95. The molecule has 1 rings (SSSR count). The van der Waals surface area contributed by atoms with E-state index in [0.29, 0.717) is 17.8 Å². The smallest absolute Gasteiger partial charge is 0.410 e. The van der Waals surface area contributed by atoms with Gasteiger partial charge in [-0.2, -0.15) is 0 Å². The predicted molar refractivity (Wildman–Crippen MR) is 77.9 cm³/mol. The largest absolute Gasteiger partial charge is 0.444 e. The van der Waals surface area contributed by atoms with Gasteiger partial charge < -0.3 is 15.4 Å². The van der Waals surface area contributed by atoms with Gasteiger partial charge in [0.2, 0.25) is 0 Å². The Morgan fingerprint density at radius 2 is 2.11 bits per heavy atom. The van der Waals surface area contributed by atoms with Crippen LogP contribution in [0.2, 0.25) is 0 Å². The highest BCUT2D eigenvalue weighted by atomic mass is 16.6. The Hall–Kier alpha value is -0.770. The van der Waals surface area contributed by atoms with Crippen molar-refractivity contribution in [2.75, 3.05) is 19.6 Å². The normalized spacial score (nSPS) is 26.1. The molecule has 0 spiro atoms. The van der Waals surface area contributed by atoms with Crippen molar-refractivity contribution >= 4 is 6.09 Å². The van der Waals surface area contributed by atoms with Crippen molar-refractivity contribution in [3.63, 3.8) is 0 Å². The van der Waals surface area contributed by atoms with E-state index < -0.39 is 5.60 Å². The average Bonchev–Trinajstić information content (AvgIpc) is 2.26. The van der Waals surface area contributed by atoms with Crippen molar-refractivity contribution in [1.29, 1.82) is 0 Å². The van der Waals surface area contributed by atoms with Gasteiger partial charge in [-0.25, -0.2) is 4.79 Å². The Labute approximate surface area is 117 Å². The number of rotatable bonds is 3. The van der Waals surface area contributed by atoms with Crippen LogP contribution in [0.5, 0.6) is 0 Å². The molecule has 0 aromatic heterocycles. The third-order valence-corrected chi connectivity index (χ3v) is 3.98. The van der Waals surface area contributed by atoms with Crippen LogP contribution >= 0.6 is 0 Å². The van der Waals surface area contributed by atoms with Crippen LogP contribution in [-0.2, 0) is 4.74 Å². The fourth-order valence-corrected chi connectivity index (χ4v) is 2.98. The van der Waals surface area contributed by atoms with E-state index in [1.807, 2.05) is 25.7 Å². The van der Waals surface area contributed by atoms with Crippen LogP contribution in [0.1, 0.15) is 47.5 Å². The molecular weight excluding hydrogens is 240 g/mol. The second-order valence-corrected chi connectivity index (χ2v) is 6.91. The molecule has 0 aromatic carbocycles. The fourth-order valence-electron chi connectivity index (χ4n) is 2.98. The zero-order valence-corrected chi connectivity index (χ0v) is 13.1. The van der Waals surface area contributed by atoms with Crippen molar-refractivity contribution in [2.45, 2.75) is 53.1 Å². The minimum atomic E-state index is -0.413. The van der Waals surface area contributed by atoms with Gasteiger partial charge >= 0.3 is 6.09 Å². The van der Waals surface area contributed by atoms with Gasteiger partial charge in [0, 0.05) is 13.1 Å². The van der Waals surface area contributed by atoms with Crippen molar-refractivity contribution in [3.05, 3.63) is 0 Å². The monoisotopic (exact) mass is 270 g/mol. The van der Waals surface area contributed by atoms with Crippen LogP contribution in [0.15, 0.2) is 0 Å². The summed E-state index contributed by atoms with van der Waals surface area (Å²) in [5.41, 5.74) is 5.23. The van der Waals surface area contributed by atoms with Crippen LogP contribution in [0.3, 0.4) is 0 Å². The van der Waals surface area contributed by atoms with Gasteiger partial charge in [0.1, 0.15) is 5.60 Å². The van der Waals surface area contributed by atoms with Crippen molar-refractivity contribution in [2.24, 2.45) is 23.5 Å². The minimum absolute atomic E-state index is 0.177. The summed E-state index contributed by atoms with van der Waals surface area (Å²) in [5, 5.41) is 0. The molecule has 0 bridgehead atoms. The van der Waals surface area contributed by atoms with Gasteiger partial charge in [-0.3, -0.25) is 0 Å². The number of ether oxygens (including phenoxy) is 1. The van der Waals surface area contributed by atoms with Crippen molar-refractivity contribution in [3.8, 4) is 0 Å². The van der Waals surface area contributed by atoms with Crippen LogP contribution < -0.4 is 5.73 Å². The van der Waals surface area contributed by atoms with Gasteiger partial charge in [0.05, 0.1) is 0 Å². The van der Waals surface area contributed by atoms with Gasteiger partial charge in [-0.15, -0.1) is 0 Å². The standard InChI is InChI=1S/C15H30N2O2/c1-11(6-8-16)13-7-9-17(10-12(13)2)14(18)19-15(3,4)5/h11-13H,6-10,16H2,1-5H3. The molecule has 3 unspecified atom stereocenters. The Bertz CT molecular complexity index is 299. The fraction of sp³-hybridized carbons (Fsp3) is 0.933. The van der Waals surface area contributed by atoms with Gasteiger partial charge in [-0.1, -0.05) is 13.8 Å². The number of likely N-dealkylation sites (tertiary alicyclic amines) is 1. The van der Waals surface area contributed by atoms with E-state index in [4.69, 9.17) is 10.5 Å². The zero-order valence-electron chi connectivity index (χ0n) is 13.1. The first-order valence-electron chi connectivity index (χ1n) is 7.42. The molecule has 2 N–H and O–H groups in total. The second kappa shape index (κ2) is 6.60. The van der Waals surface area contributed by atoms with Gasteiger partial charge in [0.25, 0.3) is 0 Å². The summed E-state index contributed by atoms with van der Waals surface area (Å²) in [4.78, 5) is 13.9. The lowest BCUT2D eigenvalue weighted by molar-refractivity contribution is 0.00728. The van der Waals surface area contributed by atoms with E-state index in [0.717, 1.165) is 32.5 Å². The quantitative estimate of drug-likeness (QED) is 0.858. The van der Waals surface area contributed by atoms with E-state index in [1.54, 1.807) is 0 Å². The van der Waals surface area contributed by atoms with E-state index in [1.165, 1.54) is 0 Å². The number of nitrogens with two attached hydrogens (primary N) is 1. The van der Waals surface area contributed by atoms with E-state index in [9.17, 15) is 4.79 Å². The van der Waals surface area contributed by atoms with Crippen LogP contribution in [0.25, 0.3) is 0 Å². The molecule has 1 heterocycles. The maximum absolute atomic E-state index is 12.0. The minimum Gasteiger partial charge on any atom is -0.444 e. The topological polar surface area (TPSA) is 55.6 Å². The molecule has 1 aliphatic heterocycles. The molecule has 1 fully saturated rings. The summed E-state index contributed by atoms with van der Waals surface area (Å²) in [7, 11) is 0. The van der Waals surface area contributed by atoms with Crippen LogP contribution in [0, 0.1) is 17.8 Å². The third-order valence-electron chi connectivity index (χ3n) is 3.98. The number of carbonyl (C=O) groups excluding carboxylic acids is 1. The highest BCUT2D eigenvalue weighted by Gasteiger charge is 2.33. The van der Waals surface area contributed by atoms with Crippen molar-refractivity contribution in [1.82, 2.24) is 4.90 Å². The lowest BCUT2D eigenvalue weighted by atomic mass is 9.77. The highest BCUT2D eigenvalue weighted by molar-refractivity contribution is 5.68. The molecule has 0 aliphatic carbocycles. The zero-order chi connectivity index (χ0) is 14.6. The van der Waals surface area contributed by atoms with Gasteiger partial charge in [-0.05, 0) is 57.9 Å². The van der Waals surface area contributed by atoms with E-state index in [2.05, 4.69) is 13.8 Å². The Kier molecular flexibility index (Phi) is 5.65. The Morgan fingerprint density at radius 1 is 1.47 bits per heavy atom. The van der Waals surface area contributed by atoms with Crippen LogP contribution in [0.4, 0.5) is 4.79 Å².